The summed E-state index contributed by atoms with van der Waals surface area (Å²) in [6.07, 6.45) is 0. The van der Waals surface area contributed by atoms with Crippen molar-refractivity contribution < 1.29 is 14.7 Å². The summed E-state index contributed by atoms with van der Waals surface area (Å²) in [6, 6.07) is 9.60. The van der Waals surface area contributed by atoms with E-state index in [4.69, 9.17) is 0 Å². The van der Waals surface area contributed by atoms with Gasteiger partial charge >= 0.3 is 6.03 Å². The van der Waals surface area contributed by atoms with Gasteiger partial charge in [-0.05, 0) is 19.4 Å². The predicted octanol–water partition coefficient (Wildman–Crippen LogP) is 4.35. The van der Waals surface area contributed by atoms with Crippen LogP contribution in [0.1, 0.15) is 57.5 Å². The highest BCUT2D eigenvalue weighted by Gasteiger charge is 2.46. The molecular weight excluding hydrogens is 434 g/mol. The Bertz CT molecular complexity index is 1020. The number of carbonyl (C=O) groups excluding carboxylic acids is 2. The standard InChI is InChI=1S/C24H37N5O3Si/c1-8-33(6,7)24(4,5)21(31)26-20-17-14-29(23(2,3)19(17)27-28-20)22(32)25-18(15-30)16-12-10-9-11-13-16/h9-13,18,30H,8,14-15H2,1-7H3,(H,25,32)(H2,26,27,28,31)/t18-/m1/s1. The Morgan fingerprint density at radius 3 is 2.48 bits per heavy atom. The van der Waals surface area contributed by atoms with Crippen molar-refractivity contribution in [1.82, 2.24) is 20.4 Å². The summed E-state index contributed by atoms with van der Waals surface area (Å²) in [7, 11) is -1.79. The number of aromatic amines is 1. The number of nitrogens with one attached hydrogen (secondary N) is 3. The number of aromatic nitrogens is 2. The first-order valence-electron chi connectivity index (χ1n) is 11.5. The molecule has 0 fully saturated rings. The van der Waals surface area contributed by atoms with Crippen molar-refractivity contribution in [2.75, 3.05) is 11.9 Å². The van der Waals surface area contributed by atoms with E-state index in [1.807, 2.05) is 58.0 Å². The number of nitrogens with zero attached hydrogens (tertiary/aromatic N) is 2. The van der Waals surface area contributed by atoms with Crippen molar-refractivity contribution in [2.45, 2.75) is 76.9 Å². The zero-order valence-electron chi connectivity index (χ0n) is 20.7. The number of benzene rings is 1. The van der Waals surface area contributed by atoms with Gasteiger partial charge in [-0.1, -0.05) is 70.2 Å². The molecule has 1 aliphatic heterocycles. The molecule has 0 bridgehead atoms. The lowest BCUT2D eigenvalue weighted by molar-refractivity contribution is -0.118. The molecule has 2 aromatic rings. The van der Waals surface area contributed by atoms with E-state index in [0.29, 0.717) is 12.4 Å². The van der Waals surface area contributed by atoms with Crippen LogP contribution in [0.3, 0.4) is 0 Å². The van der Waals surface area contributed by atoms with Gasteiger partial charge in [0.1, 0.15) is 0 Å². The molecule has 1 aliphatic rings. The van der Waals surface area contributed by atoms with Crippen LogP contribution in [-0.4, -0.2) is 46.8 Å². The van der Waals surface area contributed by atoms with E-state index in [1.165, 1.54) is 0 Å². The number of carbonyl (C=O) groups is 2. The van der Waals surface area contributed by atoms with Crippen LogP contribution in [0.15, 0.2) is 30.3 Å². The van der Waals surface area contributed by atoms with Crippen molar-refractivity contribution in [3.63, 3.8) is 0 Å². The number of urea groups is 1. The number of hydrogen-bond acceptors (Lipinski definition) is 4. The molecule has 2 heterocycles. The van der Waals surface area contributed by atoms with Crippen LogP contribution in [0.2, 0.25) is 24.2 Å². The smallest absolute Gasteiger partial charge is 0.319 e. The van der Waals surface area contributed by atoms with Crippen LogP contribution < -0.4 is 10.6 Å². The van der Waals surface area contributed by atoms with Gasteiger partial charge in [-0.3, -0.25) is 9.89 Å². The summed E-state index contributed by atoms with van der Waals surface area (Å²) in [5, 5.41) is 22.8. The first kappa shape index (κ1) is 25.0. The van der Waals surface area contributed by atoms with Gasteiger partial charge in [0, 0.05) is 10.6 Å². The summed E-state index contributed by atoms with van der Waals surface area (Å²) < 4.78 is 0. The Morgan fingerprint density at radius 2 is 1.91 bits per heavy atom. The summed E-state index contributed by atoms with van der Waals surface area (Å²) in [6.45, 7) is 14.6. The molecule has 0 radical (unpaired) electrons. The zero-order valence-corrected chi connectivity index (χ0v) is 21.7. The van der Waals surface area contributed by atoms with Crippen molar-refractivity contribution in [3.05, 3.63) is 47.2 Å². The quantitative estimate of drug-likeness (QED) is 0.450. The monoisotopic (exact) mass is 471 g/mol. The Labute approximate surface area is 197 Å². The van der Waals surface area contributed by atoms with E-state index in [1.54, 1.807) is 4.90 Å². The molecule has 4 N–H and O–H groups in total. The molecular formula is C24H37N5O3Si. The van der Waals surface area contributed by atoms with E-state index in [-0.39, 0.29) is 18.5 Å². The largest absolute Gasteiger partial charge is 0.394 e. The van der Waals surface area contributed by atoms with E-state index in [0.717, 1.165) is 22.9 Å². The lowest BCUT2D eigenvalue weighted by Crippen LogP contribution is -2.48. The Hall–Kier alpha value is -2.65. The van der Waals surface area contributed by atoms with Gasteiger partial charge in [-0.15, -0.1) is 0 Å². The van der Waals surface area contributed by atoms with Crippen LogP contribution in [0.25, 0.3) is 0 Å². The fraction of sp³-hybridized carbons (Fsp3) is 0.542. The second-order valence-corrected chi connectivity index (χ2v) is 16.2. The van der Waals surface area contributed by atoms with E-state index in [2.05, 4.69) is 40.8 Å². The van der Waals surface area contributed by atoms with Crippen molar-refractivity contribution >= 4 is 25.8 Å². The van der Waals surface area contributed by atoms with E-state index < -0.39 is 24.7 Å². The highest BCUT2D eigenvalue weighted by molar-refractivity contribution is 6.83. The highest BCUT2D eigenvalue weighted by atomic mass is 28.3. The summed E-state index contributed by atoms with van der Waals surface area (Å²) in [4.78, 5) is 28.1. The normalized spacial score (nSPS) is 16.3. The van der Waals surface area contributed by atoms with Gasteiger partial charge in [-0.25, -0.2) is 4.79 Å². The Balaban J connectivity index is 1.79. The minimum absolute atomic E-state index is 0.0413. The van der Waals surface area contributed by atoms with E-state index in [9.17, 15) is 14.7 Å². The van der Waals surface area contributed by atoms with Crippen molar-refractivity contribution in [1.29, 1.82) is 0 Å². The second kappa shape index (κ2) is 8.94. The maximum atomic E-state index is 13.2. The molecule has 0 aliphatic carbocycles. The third-order valence-corrected chi connectivity index (χ3v) is 13.2. The summed E-state index contributed by atoms with van der Waals surface area (Å²) in [5.74, 6) is 0.439. The molecule has 33 heavy (non-hydrogen) atoms. The number of amides is 3. The number of aliphatic hydroxyl groups excluding tert-OH is 1. The Morgan fingerprint density at radius 1 is 1.27 bits per heavy atom. The molecule has 8 nitrogen and oxygen atoms in total. The number of anilines is 1. The topological polar surface area (TPSA) is 110 Å². The number of aliphatic hydroxyl groups is 1. The first-order valence-corrected chi connectivity index (χ1v) is 14.7. The molecule has 1 aromatic heterocycles. The number of rotatable bonds is 7. The molecule has 9 heteroatoms. The Kier molecular flexibility index (Phi) is 6.77. The number of fused-ring (bicyclic) bond motifs is 1. The van der Waals surface area contributed by atoms with Gasteiger partial charge < -0.3 is 20.6 Å². The minimum atomic E-state index is -1.79. The fourth-order valence-electron chi connectivity index (χ4n) is 4.10. The predicted molar refractivity (Wildman–Crippen MR) is 133 cm³/mol. The minimum Gasteiger partial charge on any atom is -0.394 e. The zero-order chi connectivity index (χ0) is 24.6. The molecule has 3 amide bonds. The first-order chi connectivity index (χ1) is 15.4. The van der Waals surface area contributed by atoms with Gasteiger partial charge in [0.15, 0.2) is 5.82 Å². The van der Waals surface area contributed by atoms with Gasteiger partial charge in [0.25, 0.3) is 0 Å². The third kappa shape index (κ3) is 4.43. The van der Waals surface area contributed by atoms with Crippen LogP contribution in [0, 0.1) is 0 Å². The highest BCUT2D eigenvalue weighted by Crippen LogP contribution is 2.43. The van der Waals surface area contributed by atoms with E-state index >= 15 is 0 Å². The van der Waals surface area contributed by atoms with Crippen LogP contribution >= 0.6 is 0 Å². The van der Waals surface area contributed by atoms with Gasteiger partial charge in [-0.2, -0.15) is 5.10 Å². The lowest BCUT2D eigenvalue weighted by Gasteiger charge is -2.37. The molecule has 0 spiro atoms. The molecule has 1 aromatic carbocycles. The van der Waals surface area contributed by atoms with Crippen molar-refractivity contribution in [2.24, 2.45) is 0 Å². The lowest BCUT2D eigenvalue weighted by atomic mass is 10.0. The fourth-order valence-corrected chi connectivity index (χ4v) is 5.67. The second-order valence-electron chi connectivity index (χ2n) is 10.5. The maximum Gasteiger partial charge on any atom is 0.319 e. The SMILES string of the molecule is CC[Si](C)(C)C(C)(C)C(=O)Nc1n[nH]c2c1CN(C(=O)N[C@H](CO)c1ccccc1)C2(C)C. The molecule has 1 atom stereocenters. The summed E-state index contributed by atoms with van der Waals surface area (Å²) >= 11 is 0. The molecule has 0 saturated heterocycles. The maximum absolute atomic E-state index is 13.2. The van der Waals surface area contributed by atoms with Crippen LogP contribution in [-0.2, 0) is 16.9 Å². The van der Waals surface area contributed by atoms with Crippen molar-refractivity contribution in [3.8, 4) is 0 Å². The molecule has 3 rings (SSSR count). The average molecular weight is 472 g/mol. The number of H-pyrrole nitrogens is 1. The molecule has 180 valence electrons. The third-order valence-electron chi connectivity index (χ3n) is 7.77. The molecule has 0 saturated carbocycles. The average Bonchev–Trinajstić information content (AvgIpc) is 3.30. The van der Waals surface area contributed by atoms with Crippen LogP contribution in [0.5, 0.6) is 0 Å². The molecule has 0 unspecified atom stereocenters. The van der Waals surface area contributed by atoms with Crippen LogP contribution in [0.4, 0.5) is 10.6 Å². The summed E-state index contributed by atoms with van der Waals surface area (Å²) in [5.41, 5.74) is 1.80. The number of hydrogen-bond donors (Lipinski definition) is 4. The van der Waals surface area contributed by atoms with Gasteiger partial charge in [0.05, 0.1) is 38.5 Å². The van der Waals surface area contributed by atoms with Gasteiger partial charge in [0.2, 0.25) is 5.91 Å².